The third kappa shape index (κ3) is 5.12. The summed E-state index contributed by atoms with van der Waals surface area (Å²) in [6, 6.07) is 7.59. The van der Waals surface area contributed by atoms with E-state index < -0.39 is 0 Å². The van der Waals surface area contributed by atoms with Crippen molar-refractivity contribution in [1.82, 2.24) is 9.97 Å². The molecule has 0 saturated heterocycles. The van der Waals surface area contributed by atoms with Crippen LogP contribution in [0.1, 0.15) is 11.3 Å². The average molecular weight is 365 g/mol. The number of hydrogen-bond donors (Lipinski definition) is 3. The molecule has 6 nitrogen and oxygen atoms in total. The zero-order valence-electron chi connectivity index (χ0n) is 13.5. The molecule has 3 N–H and O–H groups in total. The van der Waals surface area contributed by atoms with Gasteiger partial charge in [-0.05, 0) is 31.4 Å². The summed E-state index contributed by atoms with van der Waals surface area (Å²) in [5.41, 5.74) is 1.51. The SMILES string of the molecule is CSc1cccc(NC(=O)CSc2nc(C)c(CCO)c(=O)[nH]2)c1. The van der Waals surface area contributed by atoms with Gasteiger partial charge in [0.05, 0.1) is 5.75 Å². The second-order valence-corrected chi connectivity index (χ2v) is 6.82. The number of hydrogen-bond acceptors (Lipinski definition) is 6. The molecule has 8 heteroatoms. The Balaban J connectivity index is 1.97. The first kappa shape index (κ1) is 18.6. The van der Waals surface area contributed by atoms with Crippen molar-refractivity contribution in [2.45, 2.75) is 23.4 Å². The standard InChI is InChI=1S/C16H19N3O3S2/c1-10-13(6-7-20)15(22)19-16(17-10)24-9-14(21)18-11-4-3-5-12(8-11)23-2/h3-5,8,20H,6-7,9H2,1-2H3,(H,18,21)(H,17,19,22). The van der Waals surface area contributed by atoms with E-state index >= 15 is 0 Å². The van der Waals surface area contributed by atoms with Gasteiger partial charge in [0, 0.05) is 34.9 Å². The number of amides is 1. The maximum absolute atomic E-state index is 12.0. The Kier molecular flexibility index (Phi) is 6.89. The highest BCUT2D eigenvalue weighted by Crippen LogP contribution is 2.19. The number of aromatic nitrogens is 2. The lowest BCUT2D eigenvalue weighted by atomic mass is 10.2. The summed E-state index contributed by atoms with van der Waals surface area (Å²) < 4.78 is 0. The van der Waals surface area contributed by atoms with Crippen LogP contribution in [-0.2, 0) is 11.2 Å². The summed E-state index contributed by atoms with van der Waals surface area (Å²) >= 11 is 2.77. The van der Waals surface area contributed by atoms with Crippen LogP contribution >= 0.6 is 23.5 Å². The van der Waals surface area contributed by atoms with Crippen LogP contribution in [0.5, 0.6) is 0 Å². The molecule has 0 aliphatic rings. The fraction of sp³-hybridized carbons (Fsp3) is 0.312. The molecule has 0 atom stereocenters. The van der Waals surface area contributed by atoms with Crippen LogP contribution in [0.3, 0.4) is 0 Å². The molecule has 1 amide bonds. The number of nitrogens with zero attached hydrogens (tertiary/aromatic N) is 1. The van der Waals surface area contributed by atoms with Crippen molar-refractivity contribution in [1.29, 1.82) is 0 Å². The van der Waals surface area contributed by atoms with Crippen LogP contribution in [0.4, 0.5) is 5.69 Å². The van der Waals surface area contributed by atoms with Crippen LogP contribution < -0.4 is 10.9 Å². The van der Waals surface area contributed by atoms with E-state index in [0.29, 0.717) is 16.4 Å². The number of benzene rings is 1. The Hall–Kier alpha value is -1.77. The van der Waals surface area contributed by atoms with E-state index in [-0.39, 0.29) is 30.2 Å². The Labute approximate surface area is 148 Å². The molecule has 0 aliphatic heterocycles. The van der Waals surface area contributed by atoms with Crippen molar-refractivity contribution in [3.63, 3.8) is 0 Å². The molecule has 0 saturated carbocycles. The van der Waals surface area contributed by atoms with Crippen molar-refractivity contribution in [2.24, 2.45) is 0 Å². The maximum Gasteiger partial charge on any atom is 0.255 e. The lowest BCUT2D eigenvalue weighted by molar-refractivity contribution is -0.113. The number of anilines is 1. The van der Waals surface area contributed by atoms with E-state index in [1.165, 1.54) is 11.8 Å². The Bertz CT molecular complexity index is 777. The number of thioether (sulfide) groups is 2. The molecule has 1 heterocycles. The van der Waals surface area contributed by atoms with Crippen molar-refractivity contribution in [3.05, 3.63) is 45.9 Å². The molecule has 1 aromatic carbocycles. The molecule has 24 heavy (non-hydrogen) atoms. The van der Waals surface area contributed by atoms with E-state index in [2.05, 4.69) is 15.3 Å². The van der Waals surface area contributed by atoms with Gasteiger partial charge >= 0.3 is 0 Å². The van der Waals surface area contributed by atoms with E-state index in [1.807, 2.05) is 30.5 Å². The first-order valence-electron chi connectivity index (χ1n) is 7.31. The first-order valence-corrected chi connectivity index (χ1v) is 9.52. The topological polar surface area (TPSA) is 95.1 Å². The molecule has 2 rings (SSSR count). The molecule has 0 aliphatic carbocycles. The maximum atomic E-state index is 12.0. The fourth-order valence-electron chi connectivity index (χ4n) is 2.09. The van der Waals surface area contributed by atoms with Gasteiger partial charge in [-0.3, -0.25) is 9.59 Å². The highest BCUT2D eigenvalue weighted by atomic mass is 32.2. The second-order valence-electron chi connectivity index (χ2n) is 4.98. The lowest BCUT2D eigenvalue weighted by Gasteiger charge is -2.07. The zero-order valence-corrected chi connectivity index (χ0v) is 15.1. The van der Waals surface area contributed by atoms with Gasteiger partial charge in [0.2, 0.25) is 5.91 Å². The highest BCUT2D eigenvalue weighted by molar-refractivity contribution is 7.99. The van der Waals surface area contributed by atoms with Crippen LogP contribution in [0, 0.1) is 6.92 Å². The first-order chi connectivity index (χ1) is 11.5. The molecule has 0 spiro atoms. The number of aromatic amines is 1. The number of aliphatic hydroxyl groups excluding tert-OH is 1. The summed E-state index contributed by atoms with van der Waals surface area (Å²) in [5.74, 6) is -0.0245. The summed E-state index contributed by atoms with van der Waals surface area (Å²) in [4.78, 5) is 32.0. The van der Waals surface area contributed by atoms with Gasteiger partial charge < -0.3 is 15.4 Å². The van der Waals surface area contributed by atoms with Gasteiger partial charge in [0.15, 0.2) is 5.16 Å². The smallest absolute Gasteiger partial charge is 0.255 e. The number of H-pyrrole nitrogens is 1. The van der Waals surface area contributed by atoms with Crippen molar-refractivity contribution < 1.29 is 9.90 Å². The molecule has 0 bridgehead atoms. The summed E-state index contributed by atoms with van der Waals surface area (Å²) in [6.07, 6.45) is 2.24. The predicted molar refractivity (Wildman–Crippen MR) is 98.0 cm³/mol. The Morgan fingerprint density at radius 2 is 2.21 bits per heavy atom. The van der Waals surface area contributed by atoms with Crippen LogP contribution in [0.2, 0.25) is 0 Å². The zero-order chi connectivity index (χ0) is 17.5. The van der Waals surface area contributed by atoms with Gasteiger partial charge in [0.25, 0.3) is 5.56 Å². The number of carbonyl (C=O) groups excluding carboxylic acids is 1. The summed E-state index contributed by atoms with van der Waals surface area (Å²) in [6.45, 7) is 1.62. The lowest BCUT2D eigenvalue weighted by Crippen LogP contribution is -2.19. The number of nitrogens with one attached hydrogen (secondary N) is 2. The normalized spacial score (nSPS) is 10.6. The average Bonchev–Trinajstić information content (AvgIpc) is 2.56. The number of carbonyl (C=O) groups is 1. The Morgan fingerprint density at radius 1 is 1.42 bits per heavy atom. The number of aliphatic hydroxyl groups is 1. The van der Waals surface area contributed by atoms with Crippen molar-refractivity contribution >= 4 is 35.1 Å². The molecule has 128 valence electrons. The van der Waals surface area contributed by atoms with Crippen molar-refractivity contribution in [3.8, 4) is 0 Å². The largest absolute Gasteiger partial charge is 0.396 e. The van der Waals surface area contributed by atoms with E-state index in [0.717, 1.165) is 10.6 Å². The molecule has 0 radical (unpaired) electrons. The highest BCUT2D eigenvalue weighted by Gasteiger charge is 2.10. The molecule has 2 aromatic rings. The third-order valence-corrected chi connectivity index (χ3v) is 4.85. The van der Waals surface area contributed by atoms with Gasteiger partial charge in [-0.2, -0.15) is 0 Å². The van der Waals surface area contributed by atoms with Gasteiger partial charge in [-0.1, -0.05) is 17.8 Å². The number of rotatable bonds is 7. The molecule has 0 unspecified atom stereocenters. The summed E-state index contributed by atoms with van der Waals surface area (Å²) in [7, 11) is 0. The van der Waals surface area contributed by atoms with Crippen LogP contribution in [0.25, 0.3) is 0 Å². The number of aryl methyl sites for hydroxylation is 1. The quantitative estimate of drug-likeness (QED) is 0.514. The molecule has 1 aromatic heterocycles. The minimum Gasteiger partial charge on any atom is -0.396 e. The van der Waals surface area contributed by atoms with Crippen molar-refractivity contribution in [2.75, 3.05) is 23.9 Å². The monoisotopic (exact) mass is 365 g/mol. The Morgan fingerprint density at radius 3 is 2.88 bits per heavy atom. The van der Waals surface area contributed by atoms with Gasteiger partial charge in [-0.25, -0.2) is 4.98 Å². The minimum absolute atomic E-state index is 0.102. The van der Waals surface area contributed by atoms with E-state index in [9.17, 15) is 9.59 Å². The van der Waals surface area contributed by atoms with E-state index in [1.54, 1.807) is 18.7 Å². The van der Waals surface area contributed by atoms with Crippen LogP contribution in [-0.4, -0.2) is 39.6 Å². The van der Waals surface area contributed by atoms with Gasteiger partial charge in [-0.15, -0.1) is 11.8 Å². The summed E-state index contributed by atoms with van der Waals surface area (Å²) in [5, 5.41) is 12.2. The molecular formula is C16H19N3O3S2. The van der Waals surface area contributed by atoms with E-state index in [4.69, 9.17) is 5.11 Å². The molecule has 0 fully saturated rings. The second kappa shape index (κ2) is 8.91. The minimum atomic E-state index is -0.271. The fourth-order valence-corrected chi connectivity index (χ4v) is 3.26. The molecular weight excluding hydrogens is 346 g/mol. The predicted octanol–water partition coefficient (Wildman–Crippen LogP) is 2.07. The van der Waals surface area contributed by atoms with Gasteiger partial charge in [0.1, 0.15) is 0 Å². The third-order valence-electron chi connectivity index (χ3n) is 3.26. The van der Waals surface area contributed by atoms with Crippen LogP contribution in [0.15, 0.2) is 39.1 Å².